The standard InChI is InChI=1S/C18H23ClN2O2SSi2/c1-25(2,3)22-17-16-15(20-18(21-17)23-26(4,5)6)14(11-24-16)12-7-9-13(19)10-8-12/h7-11H,1-6H3. The van der Waals surface area contributed by atoms with E-state index in [1.807, 2.05) is 24.3 Å². The van der Waals surface area contributed by atoms with E-state index in [1.165, 1.54) is 0 Å². The quantitative estimate of drug-likeness (QED) is 0.443. The predicted molar refractivity (Wildman–Crippen MR) is 116 cm³/mol. The Morgan fingerprint density at radius 3 is 2.08 bits per heavy atom. The smallest absolute Gasteiger partial charge is 0.306 e. The van der Waals surface area contributed by atoms with E-state index in [0.717, 1.165) is 21.3 Å². The van der Waals surface area contributed by atoms with Gasteiger partial charge in [-0.3, -0.25) is 0 Å². The molecule has 8 heteroatoms. The molecule has 0 fully saturated rings. The lowest BCUT2D eigenvalue weighted by atomic mass is 10.1. The van der Waals surface area contributed by atoms with E-state index < -0.39 is 16.6 Å². The van der Waals surface area contributed by atoms with Crippen molar-refractivity contribution in [1.82, 2.24) is 9.97 Å². The minimum Gasteiger partial charge on any atom is -0.530 e. The number of nitrogens with zero attached hydrogens (tertiary/aromatic N) is 2. The molecule has 0 bridgehead atoms. The van der Waals surface area contributed by atoms with Gasteiger partial charge in [-0.2, -0.15) is 9.97 Å². The van der Waals surface area contributed by atoms with Gasteiger partial charge in [0.2, 0.25) is 22.5 Å². The predicted octanol–water partition coefficient (Wildman–Crippen LogP) is 6.44. The van der Waals surface area contributed by atoms with Crippen molar-refractivity contribution in [3.63, 3.8) is 0 Å². The molecule has 0 N–H and O–H groups in total. The summed E-state index contributed by atoms with van der Waals surface area (Å²) < 4.78 is 13.3. The summed E-state index contributed by atoms with van der Waals surface area (Å²) in [6.45, 7) is 12.8. The number of halogens is 1. The Balaban J connectivity index is 2.18. The maximum atomic E-state index is 6.25. The molecule has 0 atom stereocenters. The molecule has 138 valence electrons. The molecule has 3 rings (SSSR count). The minimum absolute atomic E-state index is 0.401. The Kier molecular flexibility index (Phi) is 5.18. The zero-order valence-electron chi connectivity index (χ0n) is 15.9. The highest BCUT2D eigenvalue weighted by Gasteiger charge is 2.25. The number of aromatic nitrogens is 2. The summed E-state index contributed by atoms with van der Waals surface area (Å²) in [6, 6.07) is 8.19. The molecule has 0 aliphatic rings. The Bertz CT molecular complexity index is 931. The van der Waals surface area contributed by atoms with Crippen LogP contribution in [-0.4, -0.2) is 26.6 Å². The summed E-state index contributed by atoms with van der Waals surface area (Å²) in [4.78, 5) is 9.32. The van der Waals surface area contributed by atoms with E-state index in [1.54, 1.807) is 11.3 Å². The van der Waals surface area contributed by atoms with Crippen molar-refractivity contribution in [3.05, 3.63) is 34.7 Å². The third kappa shape index (κ3) is 4.65. The number of thiophene rings is 1. The van der Waals surface area contributed by atoms with Gasteiger partial charge in [-0.25, -0.2) is 0 Å². The van der Waals surface area contributed by atoms with Gasteiger partial charge in [0.05, 0.1) is 5.52 Å². The minimum atomic E-state index is -1.83. The molecule has 0 radical (unpaired) electrons. The van der Waals surface area contributed by atoms with Gasteiger partial charge in [-0.15, -0.1) is 11.3 Å². The van der Waals surface area contributed by atoms with E-state index in [0.29, 0.717) is 16.9 Å². The summed E-state index contributed by atoms with van der Waals surface area (Å²) in [5.41, 5.74) is 2.98. The molecule has 4 nitrogen and oxygen atoms in total. The monoisotopic (exact) mass is 422 g/mol. The Hall–Kier alpha value is -1.42. The summed E-state index contributed by atoms with van der Waals surface area (Å²) in [5.74, 6) is 0.632. The van der Waals surface area contributed by atoms with Crippen molar-refractivity contribution < 1.29 is 8.85 Å². The zero-order chi connectivity index (χ0) is 19.1. The third-order valence-corrected chi connectivity index (χ3v) is 6.13. The lowest BCUT2D eigenvalue weighted by Crippen LogP contribution is -2.31. The van der Waals surface area contributed by atoms with Crippen molar-refractivity contribution in [2.24, 2.45) is 0 Å². The maximum Gasteiger partial charge on any atom is 0.306 e. The molecule has 0 aliphatic carbocycles. The molecule has 0 amide bonds. The second-order valence-electron chi connectivity index (χ2n) is 8.07. The summed E-state index contributed by atoms with van der Waals surface area (Å²) in [5, 5.41) is 2.81. The first-order chi connectivity index (χ1) is 12.0. The normalized spacial score (nSPS) is 12.4. The fraction of sp³-hybridized carbons (Fsp3) is 0.333. The number of hydrogen-bond donors (Lipinski definition) is 0. The first-order valence-electron chi connectivity index (χ1n) is 8.45. The largest absolute Gasteiger partial charge is 0.530 e. The summed E-state index contributed by atoms with van der Waals surface area (Å²) in [7, 11) is -3.65. The molecule has 0 aliphatic heterocycles. The second kappa shape index (κ2) is 6.96. The van der Waals surface area contributed by atoms with E-state index in [-0.39, 0.29) is 0 Å². The van der Waals surface area contributed by atoms with Crippen LogP contribution in [0.1, 0.15) is 0 Å². The van der Waals surface area contributed by atoms with E-state index in [4.69, 9.17) is 25.4 Å². The summed E-state index contributed by atoms with van der Waals surface area (Å²) in [6.07, 6.45) is 0. The van der Waals surface area contributed by atoms with Crippen molar-refractivity contribution in [1.29, 1.82) is 0 Å². The Morgan fingerprint density at radius 1 is 0.885 bits per heavy atom. The van der Waals surface area contributed by atoms with Crippen LogP contribution in [0.25, 0.3) is 21.3 Å². The van der Waals surface area contributed by atoms with Crippen molar-refractivity contribution in [3.8, 4) is 23.0 Å². The molecule has 2 aromatic heterocycles. The average Bonchev–Trinajstić information content (AvgIpc) is 2.89. The van der Waals surface area contributed by atoms with Gasteiger partial charge in [-0.1, -0.05) is 23.7 Å². The van der Waals surface area contributed by atoms with Crippen LogP contribution in [0.4, 0.5) is 0 Å². The average molecular weight is 423 g/mol. The van der Waals surface area contributed by atoms with E-state index in [9.17, 15) is 0 Å². The van der Waals surface area contributed by atoms with Crippen molar-refractivity contribution in [2.75, 3.05) is 0 Å². The number of benzene rings is 1. The first-order valence-corrected chi connectivity index (χ1v) is 16.5. The Labute approximate surface area is 165 Å². The molecular weight excluding hydrogens is 400 g/mol. The third-order valence-electron chi connectivity index (χ3n) is 3.32. The highest BCUT2D eigenvalue weighted by atomic mass is 35.5. The van der Waals surface area contributed by atoms with Crippen LogP contribution in [0.3, 0.4) is 0 Å². The molecule has 0 unspecified atom stereocenters. The van der Waals surface area contributed by atoms with Crippen molar-refractivity contribution in [2.45, 2.75) is 39.3 Å². The van der Waals surface area contributed by atoms with Gasteiger partial charge >= 0.3 is 6.01 Å². The topological polar surface area (TPSA) is 44.2 Å². The van der Waals surface area contributed by atoms with Gasteiger partial charge in [-0.05, 0) is 57.0 Å². The fourth-order valence-electron chi connectivity index (χ4n) is 2.39. The number of fused-ring (bicyclic) bond motifs is 1. The number of rotatable bonds is 5. The molecule has 1 aromatic carbocycles. The molecule has 0 saturated heterocycles. The molecule has 0 spiro atoms. The summed E-state index contributed by atoms with van der Waals surface area (Å²) >= 11 is 7.64. The van der Waals surface area contributed by atoms with Gasteiger partial charge in [0.25, 0.3) is 0 Å². The molecule has 3 aromatic rings. The molecule has 0 saturated carbocycles. The van der Waals surface area contributed by atoms with Crippen molar-refractivity contribution >= 4 is 49.8 Å². The SMILES string of the molecule is C[Si](C)(C)Oc1nc(O[Si](C)(C)C)c2scc(-c3ccc(Cl)cc3)c2n1. The zero-order valence-corrected chi connectivity index (χ0v) is 19.5. The lowest BCUT2D eigenvalue weighted by molar-refractivity contribution is 0.483. The van der Waals surface area contributed by atoms with Gasteiger partial charge in [0, 0.05) is 16.0 Å². The van der Waals surface area contributed by atoms with Crippen LogP contribution >= 0.6 is 22.9 Å². The van der Waals surface area contributed by atoms with Crippen LogP contribution in [-0.2, 0) is 0 Å². The van der Waals surface area contributed by atoms with E-state index >= 15 is 0 Å². The van der Waals surface area contributed by atoms with Crippen LogP contribution in [0, 0.1) is 0 Å². The van der Waals surface area contributed by atoms with Crippen LogP contribution < -0.4 is 8.85 Å². The second-order valence-corrected chi connectivity index (χ2v) is 18.2. The van der Waals surface area contributed by atoms with Crippen LogP contribution in [0.15, 0.2) is 29.6 Å². The molecular formula is C18H23ClN2O2SSi2. The Morgan fingerprint density at radius 2 is 1.50 bits per heavy atom. The number of hydrogen-bond acceptors (Lipinski definition) is 5. The molecule has 2 heterocycles. The van der Waals surface area contributed by atoms with E-state index in [2.05, 4.69) is 49.6 Å². The fourth-order valence-corrected chi connectivity index (χ4v) is 4.89. The lowest BCUT2D eigenvalue weighted by Gasteiger charge is -2.21. The van der Waals surface area contributed by atoms with Gasteiger partial charge in [0.1, 0.15) is 4.70 Å². The highest BCUT2D eigenvalue weighted by molar-refractivity contribution is 7.18. The van der Waals surface area contributed by atoms with Gasteiger partial charge < -0.3 is 8.85 Å². The van der Waals surface area contributed by atoms with Crippen LogP contribution in [0.2, 0.25) is 44.3 Å². The maximum absolute atomic E-state index is 6.25. The highest BCUT2D eigenvalue weighted by Crippen LogP contribution is 2.39. The molecule has 26 heavy (non-hydrogen) atoms. The van der Waals surface area contributed by atoms with Crippen LogP contribution in [0.5, 0.6) is 11.9 Å². The first kappa shape index (κ1) is 19.3. The van der Waals surface area contributed by atoms with Gasteiger partial charge in [0.15, 0.2) is 0 Å².